The molecule has 0 spiro atoms. The molecular formula is C28H22N2O3. The van der Waals surface area contributed by atoms with Crippen LogP contribution in [0.5, 0.6) is 5.75 Å². The van der Waals surface area contributed by atoms with Crippen molar-refractivity contribution in [2.45, 2.75) is 11.8 Å². The summed E-state index contributed by atoms with van der Waals surface area (Å²) in [6.07, 6.45) is 3.23. The monoisotopic (exact) mass is 434 g/mol. The van der Waals surface area contributed by atoms with Gasteiger partial charge in [-0.25, -0.2) is 0 Å². The Morgan fingerprint density at radius 1 is 0.818 bits per heavy atom. The Hall–Kier alpha value is -3.99. The van der Waals surface area contributed by atoms with E-state index in [9.17, 15) is 9.59 Å². The van der Waals surface area contributed by atoms with Crippen LogP contribution in [0.25, 0.3) is 0 Å². The molecule has 0 radical (unpaired) electrons. The van der Waals surface area contributed by atoms with Crippen LogP contribution in [0.3, 0.4) is 0 Å². The molecule has 1 fully saturated rings. The van der Waals surface area contributed by atoms with E-state index >= 15 is 0 Å². The van der Waals surface area contributed by atoms with Crippen molar-refractivity contribution in [3.8, 4) is 5.75 Å². The smallest absolute Gasteiger partial charge is 0.254 e. The third kappa shape index (κ3) is 2.89. The highest BCUT2D eigenvalue weighted by Gasteiger charge is 2.61. The number of rotatable bonds is 5. The fourth-order valence-electron chi connectivity index (χ4n) is 5.74. The van der Waals surface area contributed by atoms with Gasteiger partial charge in [-0.1, -0.05) is 73.3 Å². The number of carbonyl (C=O) groups is 2. The minimum atomic E-state index is -0.424. The van der Waals surface area contributed by atoms with Crippen molar-refractivity contribution in [1.29, 1.82) is 0 Å². The highest BCUT2D eigenvalue weighted by molar-refractivity contribution is 6.08. The lowest BCUT2D eigenvalue weighted by Gasteiger charge is -2.45. The SMILES string of the molecule is C=CCOc1cccc(/C=N\N2C(=O)[C@H]3C4c5ccccc5C(c5ccccc54)[C@@H]3C2=O)c1. The van der Waals surface area contributed by atoms with Crippen LogP contribution in [0.1, 0.15) is 39.7 Å². The van der Waals surface area contributed by atoms with Gasteiger partial charge in [0.2, 0.25) is 0 Å². The molecule has 1 heterocycles. The Morgan fingerprint density at radius 2 is 1.36 bits per heavy atom. The molecule has 4 aliphatic rings. The average Bonchev–Trinajstić information content (AvgIpc) is 3.11. The molecule has 3 aromatic rings. The van der Waals surface area contributed by atoms with Gasteiger partial charge in [0.25, 0.3) is 11.8 Å². The number of benzene rings is 3. The summed E-state index contributed by atoms with van der Waals surface area (Å²) in [7, 11) is 0. The number of carbonyl (C=O) groups excluding carboxylic acids is 2. The lowest BCUT2D eigenvalue weighted by molar-refractivity contribution is -0.139. The van der Waals surface area contributed by atoms with Gasteiger partial charge in [0.15, 0.2) is 0 Å². The molecule has 5 heteroatoms. The highest BCUT2D eigenvalue weighted by Crippen LogP contribution is 2.60. The Kier molecular flexibility index (Phi) is 4.50. The number of hydrazone groups is 1. The van der Waals surface area contributed by atoms with E-state index in [0.29, 0.717) is 12.4 Å². The summed E-state index contributed by atoms with van der Waals surface area (Å²) >= 11 is 0. The van der Waals surface area contributed by atoms with E-state index < -0.39 is 11.8 Å². The summed E-state index contributed by atoms with van der Waals surface area (Å²) in [6.45, 7) is 4.05. The van der Waals surface area contributed by atoms with Gasteiger partial charge in [0.05, 0.1) is 18.1 Å². The average molecular weight is 434 g/mol. The number of nitrogens with zero attached hydrogens (tertiary/aromatic N) is 2. The summed E-state index contributed by atoms with van der Waals surface area (Å²) in [6, 6.07) is 23.8. The molecule has 3 aliphatic carbocycles. The van der Waals surface area contributed by atoms with E-state index in [1.807, 2.05) is 48.5 Å². The van der Waals surface area contributed by atoms with Gasteiger partial charge in [-0.15, -0.1) is 0 Å². The molecular weight excluding hydrogens is 412 g/mol. The number of hydrogen-bond donors (Lipinski definition) is 0. The van der Waals surface area contributed by atoms with Crippen LogP contribution in [-0.2, 0) is 9.59 Å². The first-order valence-electron chi connectivity index (χ1n) is 11.1. The van der Waals surface area contributed by atoms with Crippen LogP contribution in [0, 0.1) is 11.8 Å². The van der Waals surface area contributed by atoms with Gasteiger partial charge in [0.1, 0.15) is 12.4 Å². The Labute approximate surface area is 192 Å². The summed E-state index contributed by atoms with van der Waals surface area (Å²) in [5.74, 6) is -0.869. The molecule has 2 atom stereocenters. The fourth-order valence-corrected chi connectivity index (χ4v) is 5.74. The molecule has 2 bridgehead atoms. The number of hydrogen-bond acceptors (Lipinski definition) is 4. The second-order valence-corrected chi connectivity index (χ2v) is 8.67. The molecule has 162 valence electrons. The fraction of sp³-hybridized carbons (Fsp3) is 0.179. The summed E-state index contributed by atoms with van der Waals surface area (Å²) in [4.78, 5) is 27.1. The Bertz CT molecular complexity index is 1210. The molecule has 1 aliphatic heterocycles. The van der Waals surface area contributed by atoms with Crippen LogP contribution >= 0.6 is 0 Å². The van der Waals surface area contributed by atoms with Gasteiger partial charge in [-0.2, -0.15) is 10.1 Å². The third-order valence-electron chi connectivity index (χ3n) is 6.97. The molecule has 33 heavy (non-hydrogen) atoms. The lowest BCUT2D eigenvalue weighted by Crippen LogP contribution is -2.41. The third-order valence-corrected chi connectivity index (χ3v) is 6.97. The van der Waals surface area contributed by atoms with Crippen molar-refractivity contribution < 1.29 is 14.3 Å². The molecule has 5 nitrogen and oxygen atoms in total. The first-order chi connectivity index (χ1) is 16.2. The highest BCUT2D eigenvalue weighted by atomic mass is 16.5. The standard InChI is InChI=1S/C28H22N2O3/c1-2-14-33-18-9-7-8-17(15-18)16-29-30-27(31)25-23-19-10-3-4-11-20(19)24(26(25)28(30)32)22-13-6-5-12-21(22)23/h2-13,15-16,23-26H,1,14H2/b29-16-/t23?,24?,25-,26-/m0/s1. The first-order valence-corrected chi connectivity index (χ1v) is 11.1. The van der Waals surface area contributed by atoms with E-state index in [1.165, 1.54) is 0 Å². The van der Waals surface area contributed by atoms with E-state index in [1.54, 1.807) is 12.3 Å². The number of ether oxygens (including phenoxy) is 1. The molecule has 0 unspecified atom stereocenters. The van der Waals surface area contributed by atoms with Crippen molar-refractivity contribution in [1.82, 2.24) is 5.01 Å². The van der Waals surface area contributed by atoms with E-state index in [4.69, 9.17) is 4.74 Å². The largest absolute Gasteiger partial charge is 0.490 e. The van der Waals surface area contributed by atoms with Crippen molar-refractivity contribution in [2.24, 2.45) is 16.9 Å². The first kappa shape index (κ1) is 19.7. The molecule has 0 saturated carbocycles. The molecule has 0 aromatic heterocycles. The topological polar surface area (TPSA) is 59.0 Å². The summed E-state index contributed by atoms with van der Waals surface area (Å²) in [5, 5.41) is 5.44. The molecule has 2 amide bonds. The van der Waals surface area contributed by atoms with E-state index in [0.717, 1.165) is 32.8 Å². The maximum absolute atomic E-state index is 13.5. The number of amides is 2. The van der Waals surface area contributed by atoms with Crippen LogP contribution in [-0.4, -0.2) is 29.6 Å². The second-order valence-electron chi connectivity index (χ2n) is 8.67. The lowest BCUT2D eigenvalue weighted by atomic mass is 9.55. The molecule has 3 aromatic carbocycles. The minimum absolute atomic E-state index is 0.125. The Morgan fingerprint density at radius 3 is 1.88 bits per heavy atom. The van der Waals surface area contributed by atoms with Crippen molar-refractivity contribution in [2.75, 3.05) is 6.61 Å². The molecule has 0 N–H and O–H groups in total. The van der Waals surface area contributed by atoms with Crippen molar-refractivity contribution in [3.05, 3.63) is 113 Å². The Balaban J connectivity index is 1.37. The zero-order valence-corrected chi connectivity index (χ0v) is 17.9. The maximum atomic E-state index is 13.5. The van der Waals surface area contributed by atoms with E-state index in [2.05, 4.69) is 35.9 Å². The molecule has 1 saturated heterocycles. The van der Waals surface area contributed by atoms with Gasteiger partial charge < -0.3 is 4.74 Å². The predicted molar refractivity (Wildman–Crippen MR) is 125 cm³/mol. The van der Waals surface area contributed by atoms with Gasteiger partial charge in [-0.3, -0.25) is 9.59 Å². The molecule has 7 rings (SSSR count). The second kappa shape index (κ2) is 7.55. The summed E-state index contributed by atoms with van der Waals surface area (Å²) < 4.78 is 5.57. The van der Waals surface area contributed by atoms with Crippen LogP contribution in [0.2, 0.25) is 0 Å². The van der Waals surface area contributed by atoms with Crippen molar-refractivity contribution in [3.63, 3.8) is 0 Å². The quantitative estimate of drug-likeness (QED) is 0.338. The zero-order chi connectivity index (χ0) is 22.5. The van der Waals surface area contributed by atoms with Gasteiger partial charge >= 0.3 is 0 Å². The van der Waals surface area contributed by atoms with Crippen LogP contribution in [0.4, 0.5) is 0 Å². The van der Waals surface area contributed by atoms with E-state index in [-0.39, 0.29) is 23.7 Å². The zero-order valence-electron chi connectivity index (χ0n) is 17.9. The summed E-state index contributed by atoms with van der Waals surface area (Å²) in [5.41, 5.74) is 5.37. The number of imide groups is 1. The maximum Gasteiger partial charge on any atom is 0.254 e. The van der Waals surface area contributed by atoms with Gasteiger partial charge in [0, 0.05) is 11.8 Å². The van der Waals surface area contributed by atoms with Crippen LogP contribution < -0.4 is 4.74 Å². The minimum Gasteiger partial charge on any atom is -0.490 e. The van der Waals surface area contributed by atoms with Gasteiger partial charge in [-0.05, 0) is 39.9 Å². The van der Waals surface area contributed by atoms with Crippen molar-refractivity contribution >= 4 is 18.0 Å². The normalized spacial score (nSPS) is 24.5. The van der Waals surface area contributed by atoms with Crippen LogP contribution in [0.15, 0.2) is 90.6 Å². The predicted octanol–water partition coefficient (Wildman–Crippen LogP) is 4.48.